The van der Waals surface area contributed by atoms with E-state index in [0.29, 0.717) is 25.6 Å². The Morgan fingerprint density at radius 3 is 2.18 bits per heavy atom. The zero-order valence-corrected chi connectivity index (χ0v) is 19.2. The molecule has 4 N–H and O–H groups in total. The number of hydrogen-bond donors (Lipinski definition) is 3. The van der Waals surface area contributed by atoms with Gasteiger partial charge in [-0.2, -0.15) is 0 Å². The van der Waals surface area contributed by atoms with E-state index < -0.39 is 17.1 Å². The summed E-state index contributed by atoms with van der Waals surface area (Å²) in [6.45, 7) is 16.9. The molecule has 0 aromatic heterocycles. The molecule has 1 atom stereocenters. The van der Waals surface area contributed by atoms with E-state index in [1.165, 1.54) is 0 Å². The maximum atomic E-state index is 12.1. The Hall–Kier alpha value is -1.99. The van der Waals surface area contributed by atoms with Crippen LogP contribution >= 0.6 is 0 Å². The Bertz CT molecular complexity index is 538. The second-order valence-electron chi connectivity index (χ2n) is 9.13. The van der Waals surface area contributed by atoms with Crippen molar-refractivity contribution in [2.45, 2.75) is 73.5 Å². The van der Waals surface area contributed by atoms with E-state index in [9.17, 15) is 9.59 Å². The zero-order valence-electron chi connectivity index (χ0n) is 19.2. The third-order valence-corrected chi connectivity index (χ3v) is 4.27. The van der Waals surface area contributed by atoms with Gasteiger partial charge in [0.2, 0.25) is 5.91 Å². The van der Waals surface area contributed by atoms with Crippen LogP contribution in [0.15, 0.2) is 4.99 Å². The molecule has 0 aliphatic carbocycles. The average molecular weight is 400 g/mol. The van der Waals surface area contributed by atoms with E-state index in [2.05, 4.69) is 29.5 Å². The molecular weight excluding hydrogens is 358 g/mol. The SMILES string of the molecule is CCNC(=NCC(C)(C)C(N)=O)N(C)CCC(NC(=O)OC(C)(C)C)C(C)C. The number of hydrogen-bond acceptors (Lipinski definition) is 4. The Labute approximate surface area is 170 Å². The number of carbonyl (C=O) groups is 2. The topological polar surface area (TPSA) is 109 Å². The van der Waals surface area contributed by atoms with Gasteiger partial charge in [0.15, 0.2) is 5.96 Å². The van der Waals surface area contributed by atoms with Crippen LogP contribution in [-0.4, -0.2) is 61.2 Å². The van der Waals surface area contributed by atoms with Gasteiger partial charge < -0.3 is 26.0 Å². The van der Waals surface area contributed by atoms with Crippen molar-refractivity contribution in [3.63, 3.8) is 0 Å². The average Bonchev–Trinajstić information content (AvgIpc) is 2.52. The van der Waals surface area contributed by atoms with Crippen molar-refractivity contribution < 1.29 is 14.3 Å². The molecule has 0 aromatic carbocycles. The Kier molecular flexibility index (Phi) is 10.3. The molecule has 0 saturated carbocycles. The summed E-state index contributed by atoms with van der Waals surface area (Å²) in [5.74, 6) is 0.585. The van der Waals surface area contributed by atoms with E-state index in [0.717, 1.165) is 6.42 Å². The first-order valence-electron chi connectivity index (χ1n) is 9.98. The first kappa shape index (κ1) is 26.0. The number of nitrogens with zero attached hydrogens (tertiary/aromatic N) is 2. The van der Waals surface area contributed by atoms with Crippen LogP contribution in [-0.2, 0) is 9.53 Å². The quantitative estimate of drug-likeness (QED) is 0.407. The molecule has 0 saturated heterocycles. The summed E-state index contributed by atoms with van der Waals surface area (Å²) >= 11 is 0. The highest BCUT2D eigenvalue weighted by Gasteiger charge is 2.25. The van der Waals surface area contributed by atoms with Crippen molar-refractivity contribution in [1.29, 1.82) is 0 Å². The third kappa shape index (κ3) is 10.4. The van der Waals surface area contributed by atoms with Crippen LogP contribution < -0.4 is 16.4 Å². The first-order valence-corrected chi connectivity index (χ1v) is 9.98. The second kappa shape index (κ2) is 11.1. The normalized spacial score (nSPS) is 13.9. The Balaban J connectivity index is 4.97. The number of guanidine groups is 1. The summed E-state index contributed by atoms with van der Waals surface area (Å²) in [5.41, 5.74) is 4.20. The van der Waals surface area contributed by atoms with Crippen LogP contribution in [0, 0.1) is 11.3 Å². The van der Waals surface area contributed by atoms with Gasteiger partial charge >= 0.3 is 6.09 Å². The number of aliphatic imine (C=N–C) groups is 1. The minimum atomic E-state index is -0.708. The summed E-state index contributed by atoms with van der Waals surface area (Å²) in [6.07, 6.45) is 0.328. The molecule has 0 aliphatic rings. The monoisotopic (exact) mass is 399 g/mol. The number of alkyl carbamates (subject to hydrolysis) is 1. The zero-order chi connectivity index (χ0) is 22.1. The summed E-state index contributed by atoms with van der Waals surface area (Å²) in [7, 11) is 1.93. The van der Waals surface area contributed by atoms with Crippen molar-refractivity contribution in [3.05, 3.63) is 0 Å². The highest BCUT2D eigenvalue weighted by Crippen LogP contribution is 2.15. The first-order chi connectivity index (χ1) is 12.7. The third-order valence-electron chi connectivity index (χ3n) is 4.27. The molecule has 0 radical (unpaired) electrons. The Morgan fingerprint density at radius 2 is 1.75 bits per heavy atom. The number of ether oxygens (including phenoxy) is 1. The van der Waals surface area contributed by atoms with E-state index >= 15 is 0 Å². The maximum Gasteiger partial charge on any atom is 0.407 e. The molecule has 0 spiro atoms. The molecule has 0 fully saturated rings. The molecule has 0 heterocycles. The summed E-state index contributed by atoms with van der Waals surface area (Å²) in [4.78, 5) is 30.2. The Morgan fingerprint density at radius 1 is 1.18 bits per heavy atom. The van der Waals surface area contributed by atoms with Gasteiger partial charge in [-0.15, -0.1) is 0 Å². The summed E-state index contributed by atoms with van der Waals surface area (Å²) in [6, 6.07) is -0.0257. The fourth-order valence-corrected chi connectivity index (χ4v) is 2.29. The lowest BCUT2D eigenvalue weighted by Gasteiger charge is -2.29. The molecule has 1 unspecified atom stereocenters. The molecule has 0 aromatic rings. The molecule has 28 heavy (non-hydrogen) atoms. The van der Waals surface area contributed by atoms with Crippen LogP contribution in [0.1, 0.15) is 61.8 Å². The maximum absolute atomic E-state index is 12.1. The van der Waals surface area contributed by atoms with Crippen LogP contribution in [0.4, 0.5) is 4.79 Å². The molecule has 8 nitrogen and oxygen atoms in total. The number of nitrogens with two attached hydrogens (primary N) is 1. The van der Waals surface area contributed by atoms with Gasteiger partial charge in [-0.1, -0.05) is 13.8 Å². The van der Waals surface area contributed by atoms with Gasteiger partial charge in [0, 0.05) is 26.2 Å². The fraction of sp³-hybridized carbons (Fsp3) is 0.850. The second-order valence-corrected chi connectivity index (χ2v) is 9.13. The van der Waals surface area contributed by atoms with Crippen LogP contribution in [0.3, 0.4) is 0 Å². The standard InChI is InChI=1S/C20H41N5O3/c1-10-22-17(23-13-20(7,8)16(21)26)25(9)12-11-15(14(2)3)24-18(27)28-19(4,5)6/h14-15H,10-13H2,1-9H3,(H2,21,26)(H,22,23)(H,24,27). The van der Waals surface area contributed by atoms with E-state index in [4.69, 9.17) is 10.5 Å². The van der Waals surface area contributed by atoms with Gasteiger partial charge in [0.1, 0.15) is 5.60 Å². The van der Waals surface area contributed by atoms with Gasteiger partial charge in [0.05, 0.1) is 12.0 Å². The highest BCUT2D eigenvalue weighted by molar-refractivity contribution is 5.82. The van der Waals surface area contributed by atoms with Crippen molar-refractivity contribution in [3.8, 4) is 0 Å². The molecular formula is C20H41N5O3. The van der Waals surface area contributed by atoms with Crippen LogP contribution in [0.2, 0.25) is 0 Å². The summed E-state index contributed by atoms with van der Waals surface area (Å²) in [5, 5.41) is 6.19. The van der Waals surface area contributed by atoms with Crippen molar-refractivity contribution in [2.24, 2.45) is 22.1 Å². The number of amides is 2. The fourth-order valence-electron chi connectivity index (χ4n) is 2.29. The van der Waals surface area contributed by atoms with Crippen LogP contribution in [0.5, 0.6) is 0 Å². The van der Waals surface area contributed by atoms with E-state index in [1.54, 1.807) is 13.8 Å². The van der Waals surface area contributed by atoms with Crippen molar-refractivity contribution >= 4 is 18.0 Å². The molecule has 2 amide bonds. The molecule has 164 valence electrons. The predicted molar refractivity (Wildman–Crippen MR) is 114 cm³/mol. The lowest BCUT2D eigenvalue weighted by atomic mass is 9.93. The molecule has 0 bridgehead atoms. The molecule has 0 rings (SSSR count). The number of primary amides is 1. The smallest absolute Gasteiger partial charge is 0.407 e. The van der Waals surface area contributed by atoms with Gasteiger partial charge in [0.25, 0.3) is 0 Å². The van der Waals surface area contributed by atoms with Crippen molar-refractivity contribution in [1.82, 2.24) is 15.5 Å². The van der Waals surface area contributed by atoms with Gasteiger partial charge in [-0.3, -0.25) is 9.79 Å². The lowest BCUT2D eigenvalue weighted by Crippen LogP contribution is -2.46. The molecule has 0 aliphatic heterocycles. The number of carbonyl (C=O) groups excluding carboxylic acids is 2. The van der Waals surface area contributed by atoms with E-state index in [-0.39, 0.29) is 17.9 Å². The van der Waals surface area contributed by atoms with E-state index in [1.807, 2.05) is 39.6 Å². The lowest BCUT2D eigenvalue weighted by molar-refractivity contribution is -0.125. The minimum Gasteiger partial charge on any atom is -0.444 e. The minimum absolute atomic E-state index is 0.0257. The van der Waals surface area contributed by atoms with Gasteiger partial charge in [-0.05, 0) is 53.9 Å². The largest absolute Gasteiger partial charge is 0.444 e. The number of rotatable bonds is 9. The molecule has 8 heteroatoms. The van der Waals surface area contributed by atoms with Gasteiger partial charge in [-0.25, -0.2) is 4.79 Å². The van der Waals surface area contributed by atoms with Crippen LogP contribution in [0.25, 0.3) is 0 Å². The number of nitrogens with one attached hydrogen (secondary N) is 2. The summed E-state index contributed by atoms with van der Waals surface area (Å²) < 4.78 is 5.37. The highest BCUT2D eigenvalue weighted by atomic mass is 16.6. The van der Waals surface area contributed by atoms with Crippen molar-refractivity contribution in [2.75, 3.05) is 26.7 Å². The predicted octanol–water partition coefficient (Wildman–Crippen LogP) is 2.33.